The predicted molar refractivity (Wildman–Crippen MR) is 85.2 cm³/mol. The molecule has 0 saturated carbocycles. The summed E-state index contributed by atoms with van der Waals surface area (Å²) >= 11 is 0. The van der Waals surface area contributed by atoms with Gasteiger partial charge < -0.3 is 19.7 Å². The van der Waals surface area contributed by atoms with Gasteiger partial charge in [-0.25, -0.2) is 4.98 Å². The second-order valence-corrected chi connectivity index (χ2v) is 6.19. The number of halogens is 3. The van der Waals surface area contributed by atoms with E-state index in [0.717, 1.165) is 10.8 Å². The Morgan fingerprint density at radius 1 is 1.42 bits per heavy atom. The van der Waals surface area contributed by atoms with E-state index in [1.54, 1.807) is 24.3 Å². The second-order valence-electron chi connectivity index (χ2n) is 6.19. The third-order valence-electron chi connectivity index (χ3n) is 4.37. The maximum atomic E-state index is 13.5. The lowest BCUT2D eigenvalue weighted by atomic mass is 9.95. The maximum absolute atomic E-state index is 13.5. The highest BCUT2D eigenvalue weighted by Crippen LogP contribution is 2.41. The average molecular weight is 369 g/mol. The standard InChI is InChI=1S/C17H18F3N3O3/c1-23-8-7-21-15(23)16(25,17(18,19)20)10-14(24)22-12-6-9-26-13-5-3-2-4-11(12)13/h2-5,7-8,12,25H,6,9-10H2,1H3,(H,22,24). The molecule has 0 aliphatic carbocycles. The molecule has 2 heterocycles. The van der Waals surface area contributed by atoms with E-state index in [-0.39, 0.29) is 0 Å². The summed E-state index contributed by atoms with van der Waals surface area (Å²) in [7, 11) is 1.33. The molecule has 2 unspecified atom stereocenters. The first-order chi connectivity index (χ1) is 12.2. The van der Waals surface area contributed by atoms with Crippen LogP contribution in [0, 0.1) is 0 Å². The molecule has 1 aliphatic heterocycles. The number of aryl methyl sites for hydroxylation is 1. The van der Waals surface area contributed by atoms with Gasteiger partial charge in [0.25, 0.3) is 0 Å². The predicted octanol–water partition coefficient (Wildman–Crippen LogP) is 2.20. The Balaban J connectivity index is 1.81. The number of ether oxygens (including phenoxy) is 1. The number of rotatable bonds is 4. The first kappa shape index (κ1) is 18.2. The van der Waals surface area contributed by atoms with Crippen LogP contribution in [0.3, 0.4) is 0 Å². The number of nitrogens with zero attached hydrogens (tertiary/aromatic N) is 2. The van der Waals surface area contributed by atoms with Crippen LogP contribution in [0.1, 0.15) is 30.3 Å². The minimum atomic E-state index is -5.06. The Bertz CT molecular complexity index is 806. The molecule has 2 aromatic rings. The van der Waals surface area contributed by atoms with Crippen LogP contribution in [0.5, 0.6) is 5.75 Å². The Morgan fingerprint density at radius 3 is 2.81 bits per heavy atom. The molecular weight excluding hydrogens is 351 g/mol. The smallest absolute Gasteiger partial charge is 0.425 e. The number of nitrogens with one attached hydrogen (secondary N) is 1. The summed E-state index contributed by atoms with van der Waals surface area (Å²) in [6.07, 6.45) is -3.40. The van der Waals surface area contributed by atoms with Crippen molar-refractivity contribution >= 4 is 5.91 Å². The average Bonchev–Trinajstić information content (AvgIpc) is 3.00. The van der Waals surface area contributed by atoms with E-state index < -0.39 is 36.0 Å². The summed E-state index contributed by atoms with van der Waals surface area (Å²) in [5, 5.41) is 12.9. The van der Waals surface area contributed by atoms with Gasteiger partial charge in [0.1, 0.15) is 5.75 Å². The molecule has 1 amide bonds. The molecule has 0 fully saturated rings. The zero-order chi connectivity index (χ0) is 18.9. The second kappa shape index (κ2) is 6.64. The molecule has 6 nitrogen and oxygen atoms in total. The largest absolute Gasteiger partial charge is 0.493 e. The molecule has 0 radical (unpaired) electrons. The van der Waals surface area contributed by atoms with Gasteiger partial charge in [-0.1, -0.05) is 18.2 Å². The first-order valence-corrected chi connectivity index (χ1v) is 8.00. The molecule has 2 atom stereocenters. The van der Waals surface area contributed by atoms with Crippen molar-refractivity contribution in [2.24, 2.45) is 7.05 Å². The summed E-state index contributed by atoms with van der Waals surface area (Å²) < 4.78 is 47.1. The Kier molecular flexibility index (Phi) is 4.66. The van der Waals surface area contributed by atoms with Crippen LogP contribution in [-0.4, -0.2) is 33.3 Å². The van der Waals surface area contributed by atoms with Gasteiger partial charge in [-0.2, -0.15) is 13.2 Å². The topological polar surface area (TPSA) is 76.4 Å². The fourth-order valence-electron chi connectivity index (χ4n) is 3.04. The van der Waals surface area contributed by atoms with E-state index in [1.165, 1.54) is 13.2 Å². The number of aliphatic hydroxyl groups is 1. The SMILES string of the molecule is Cn1ccnc1C(O)(CC(=O)NC1CCOc2ccccc21)C(F)(F)F. The monoisotopic (exact) mass is 369 g/mol. The van der Waals surface area contributed by atoms with E-state index in [0.29, 0.717) is 24.3 Å². The molecule has 0 spiro atoms. The zero-order valence-corrected chi connectivity index (χ0v) is 14.0. The molecule has 1 aromatic heterocycles. The van der Waals surface area contributed by atoms with Gasteiger partial charge in [0, 0.05) is 31.4 Å². The van der Waals surface area contributed by atoms with Crippen molar-refractivity contribution in [1.82, 2.24) is 14.9 Å². The number of para-hydroxylation sites is 1. The van der Waals surface area contributed by atoms with Gasteiger partial charge in [0.05, 0.1) is 19.1 Å². The van der Waals surface area contributed by atoms with Crippen molar-refractivity contribution in [3.8, 4) is 5.75 Å². The molecule has 140 valence electrons. The molecule has 1 aromatic carbocycles. The van der Waals surface area contributed by atoms with Crippen LogP contribution in [0.15, 0.2) is 36.7 Å². The van der Waals surface area contributed by atoms with Crippen LogP contribution in [-0.2, 0) is 17.4 Å². The molecule has 2 N–H and O–H groups in total. The number of aromatic nitrogens is 2. The minimum absolute atomic E-state index is 0.338. The van der Waals surface area contributed by atoms with E-state index in [2.05, 4.69) is 10.3 Å². The van der Waals surface area contributed by atoms with Crippen LogP contribution in [0.4, 0.5) is 13.2 Å². The quantitative estimate of drug-likeness (QED) is 0.866. The minimum Gasteiger partial charge on any atom is -0.493 e. The van der Waals surface area contributed by atoms with Crippen LogP contribution in [0.25, 0.3) is 0 Å². The van der Waals surface area contributed by atoms with E-state index in [1.807, 2.05) is 0 Å². The van der Waals surface area contributed by atoms with E-state index >= 15 is 0 Å². The van der Waals surface area contributed by atoms with Crippen LogP contribution >= 0.6 is 0 Å². The molecule has 1 aliphatic rings. The summed E-state index contributed by atoms with van der Waals surface area (Å²) in [6.45, 7) is 0.338. The van der Waals surface area contributed by atoms with Gasteiger partial charge in [-0.3, -0.25) is 4.79 Å². The number of carbonyl (C=O) groups excluding carboxylic acids is 1. The lowest BCUT2D eigenvalue weighted by Gasteiger charge is -2.31. The van der Waals surface area contributed by atoms with E-state index in [4.69, 9.17) is 4.74 Å². The van der Waals surface area contributed by atoms with Crippen LogP contribution in [0.2, 0.25) is 0 Å². The molecule has 9 heteroatoms. The van der Waals surface area contributed by atoms with Gasteiger partial charge in [0.15, 0.2) is 5.82 Å². The first-order valence-electron chi connectivity index (χ1n) is 8.00. The molecule has 3 rings (SSSR count). The zero-order valence-electron chi connectivity index (χ0n) is 14.0. The van der Waals surface area contributed by atoms with Gasteiger partial charge in [0.2, 0.25) is 11.5 Å². The van der Waals surface area contributed by atoms with Crippen molar-refractivity contribution in [3.63, 3.8) is 0 Å². The summed E-state index contributed by atoms with van der Waals surface area (Å²) in [6, 6.07) is 6.52. The molecule has 26 heavy (non-hydrogen) atoms. The summed E-state index contributed by atoms with van der Waals surface area (Å²) in [5.41, 5.74) is -2.68. The number of amides is 1. The van der Waals surface area contributed by atoms with Crippen molar-refractivity contribution in [3.05, 3.63) is 48.0 Å². The number of carbonyl (C=O) groups is 1. The number of benzene rings is 1. The molecular formula is C17H18F3N3O3. The van der Waals surface area contributed by atoms with Gasteiger partial charge in [-0.05, 0) is 6.07 Å². The van der Waals surface area contributed by atoms with Crippen molar-refractivity contribution in [2.45, 2.75) is 30.7 Å². The summed E-state index contributed by atoms with van der Waals surface area (Å²) in [5.74, 6) is -0.971. The Morgan fingerprint density at radius 2 is 2.15 bits per heavy atom. The third-order valence-corrected chi connectivity index (χ3v) is 4.37. The number of hydrogen-bond donors (Lipinski definition) is 2. The van der Waals surface area contributed by atoms with Crippen molar-refractivity contribution in [1.29, 1.82) is 0 Å². The normalized spacial score (nSPS) is 19.2. The lowest BCUT2D eigenvalue weighted by Crippen LogP contribution is -2.48. The Hall–Kier alpha value is -2.55. The Labute approximate surface area is 147 Å². The van der Waals surface area contributed by atoms with Gasteiger partial charge in [-0.15, -0.1) is 0 Å². The van der Waals surface area contributed by atoms with E-state index in [9.17, 15) is 23.1 Å². The number of fused-ring (bicyclic) bond motifs is 1. The van der Waals surface area contributed by atoms with Gasteiger partial charge >= 0.3 is 6.18 Å². The highest BCUT2D eigenvalue weighted by atomic mass is 19.4. The molecule has 0 bridgehead atoms. The number of alkyl halides is 3. The van der Waals surface area contributed by atoms with Crippen molar-refractivity contribution in [2.75, 3.05) is 6.61 Å². The summed E-state index contributed by atoms with van der Waals surface area (Å²) in [4.78, 5) is 15.9. The lowest BCUT2D eigenvalue weighted by molar-refractivity contribution is -0.271. The fourth-order valence-corrected chi connectivity index (χ4v) is 3.04. The fraction of sp³-hybridized carbons (Fsp3) is 0.412. The van der Waals surface area contributed by atoms with Crippen LogP contribution < -0.4 is 10.1 Å². The highest BCUT2D eigenvalue weighted by molar-refractivity contribution is 5.78. The number of imidazole rings is 1. The third kappa shape index (κ3) is 3.26. The van der Waals surface area contributed by atoms with Crippen molar-refractivity contribution < 1.29 is 27.8 Å². The number of hydrogen-bond acceptors (Lipinski definition) is 4. The highest BCUT2D eigenvalue weighted by Gasteiger charge is 2.58. The maximum Gasteiger partial charge on any atom is 0.425 e. The molecule has 0 saturated heterocycles.